The summed E-state index contributed by atoms with van der Waals surface area (Å²) in [6.45, 7) is 12.4. The number of rotatable bonds is 8. The molecule has 4 heteroatoms. The van der Waals surface area contributed by atoms with Crippen molar-refractivity contribution in [2.75, 3.05) is 39.3 Å². The summed E-state index contributed by atoms with van der Waals surface area (Å²) in [5.41, 5.74) is 0. The van der Waals surface area contributed by atoms with E-state index in [0.717, 1.165) is 45.7 Å². The SMILES string of the molecule is CCN(CC)C(=O)CCCN(CC)C1CCCNC1. The number of hydrogen-bond acceptors (Lipinski definition) is 3. The monoisotopic (exact) mass is 269 g/mol. The lowest BCUT2D eigenvalue weighted by Gasteiger charge is -2.34. The fourth-order valence-electron chi connectivity index (χ4n) is 2.91. The van der Waals surface area contributed by atoms with Gasteiger partial charge in [0.05, 0.1) is 0 Å². The number of amides is 1. The van der Waals surface area contributed by atoms with Crippen LogP contribution >= 0.6 is 0 Å². The van der Waals surface area contributed by atoms with Gasteiger partial charge in [0.15, 0.2) is 0 Å². The Morgan fingerprint density at radius 2 is 1.95 bits per heavy atom. The number of piperidine rings is 1. The Balaban J connectivity index is 2.27. The summed E-state index contributed by atoms with van der Waals surface area (Å²) in [6, 6.07) is 0.669. The normalized spacial score (nSPS) is 19.7. The van der Waals surface area contributed by atoms with E-state index < -0.39 is 0 Å². The number of carbonyl (C=O) groups is 1. The molecule has 1 amide bonds. The average molecular weight is 269 g/mol. The summed E-state index contributed by atoms with van der Waals surface area (Å²) < 4.78 is 0. The minimum absolute atomic E-state index is 0.308. The summed E-state index contributed by atoms with van der Waals surface area (Å²) in [5.74, 6) is 0.308. The van der Waals surface area contributed by atoms with Crippen molar-refractivity contribution in [2.24, 2.45) is 0 Å². The van der Waals surface area contributed by atoms with Crippen LogP contribution in [0.5, 0.6) is 0 Å². The van der Waals surface area contributed by atoms with Crippen molar-refractivity contribution in [2.45, 2.75) is 52.5 Å². The number of nitrogens with zero attached hydrogens (tertiary/aromatic N) is 2. The molecule has 112 valence electrons. The highest BCUT2D eigenvalue weighted by Crippen LogP contribution is 2.11. The van der Waals surface area contributed by atoms with Gasteiger partial charge in [-0.1, -0.05) is 6.92 Å². The minimum atomic E-state index is 0.308. The zero-order valence-corrected chi connectivity index (χ0v) is 13.0. The molecule has 4 nitrogen and oxygen atoms in total. The van der Waals surface area contributed by atoms with Crippen molar-refractivity contribution in [3.05, 3.63) is 0 Å². The van der Waals surface area contributed by atoms with E-state index in [1.54, 1.807) is 0 Å². The van der Waals surface area contributed by atoms with Gasteiger partial charge in [0.25, 0.3) is 0 Å². The molecule has 0 aliphatic carbocycles. The van der Waals surface area contributed by atoms with Crippen LogP contribution in [0, 0.1) is 0 Å². The van der Waals surface area contributed by atoms with Crippen LogP contribution < -0.4 is 5.32 Å². The van der Waals surface area contributed by atoms with Gasteiger partial charge in [0.1, 0.15) is 0 Å². The lowest BCUT2D eigenvalue weighted by Crippen LogP contribution is -2.46. The predicted molar refractivity (Wildman–Crippen MR) is 80.3 cm³/mol. The van der Waals surface area contributed by atoms with Gasteiger partial charge in [-0.15, -0.1) is 0 Å². The zero-order chi connectivity index (χ0) is 14.1. The van der Waals surface area contributed by atoms with Crippen LogP contribution in [0.3, 0.4) is 0 Å². The summed E-state index contributed by atoms with van der Waals surface area (Å²) in [5, 5.41) is 3.47. The van der Waals surface area contributed by atoms with Gasteiger partial charge in [-0.25, -0.2) is 0 Å². The molecule has 0 saturated carbocycles. The molecule has 0 spiro atoms. The standard InChI is InChI=1S/C15H31N3O/c1-4-17(5-2)15(19)10-8-12-18(6-3)14-9-7-11-16-13-14/h14,16H,4-13H2,1-3H3. The molecular weight excluding hydrogens is 238 g/mol. The van der Waals surface area contributed by atoms with Gasteiger partial charge in [0, 0.05) is 32.1 Å². The first kappa shape index (κ1) is 16.4. The largest absolute Gasteiger partial charge is 0.343 e. The molecule has 0 bridgehead atoms. The van der Waals surface area contributed by atoms with E-state index in [9.17, 15) is 4.79 Å². The van der Waals surface area contributed by atoms with Crippen LogP contribution in [0.25, 0.3) is 0 Å². The Kier molecular flexibility index (Phi) is 8.07. The molecular formula is C15H31N3O. The number of nitrogens with one attached hydrogen (secondary N) is 1. The molecule has 0 aromatic carbocycles. The number of likely N-dealkylation sites (N-methyl/N-ethyl adjacent to an activating group) is 1. The van der Waals surface area contributed by atoms with E-state index in [1.165, 1.54) is 12.8 Å². The first-order chi connectivity index (χ1) is 9.22. The van der Waals surface area contributed by atoms with Crippen molar-refractivity contribution in [3.8, 4) is 0 Å². The Labute approximate surface area is 118 Å². The zero-order valence-electron chi connectivity index (χ0n) is 13.0. The van der Waals surface area contributed by atoms with Gasteiger partial charge >= 0.3 is 0 Å². The highest BCUT2D eigenvalue weighted by Gasteiger charge is 2.19. The summed E-state index contributed by atoms with van der Waals surface area (Å²) in [7, 11) is 0. The molecule has 1 aliphatic rings. The molecule has 1 aliphatic heterocycles. The molecule has 1 unspecified atom stereocenters. The predicted octanol–water partition coefficient (Wildman–Crippen LogP) is 1.71. The number of hydrogen-bond donors (Lipinski definition) is 1. The maximum Gasteiger partial charge on any atom is 0.222 e. The molecule has 0 radical (unpaired) electrons. The lowest BCUT2D eigenvalue weighted by molar-refractivity contribution is -0.131. The van der Waals surface area contributed by atoms with Gasteiger partial charge < -0.3 is 10.2 Å². The fraction of sp³-hybridized carbons (Fsp3) is 0.933. The molecule has 0 aromatic heterocycles. The topological polar surface area (TPSA) is 35.6 Å². The Bertz CT molecular complexity index is 248. The Morgan fingerprint density at radius 1 is 1.21 bits per heavy atom. The van der Waals surface area contributed by atoms with Crippen molar-refractivity contribution in [1.29, 1.82) is 0 Å². The second-order valence-corrected chi connectivity index (χ2v) is 5.30. The fourth-order valence-corrected chi connectivity index (χ4v) is 2.91. The third-order valence-electron chi connectivity index (χ3n) is 4.15. The second-order valence-electron chi connectivity index (χ2n) is 5.30. The van der Waals surface area contributed by atoms with E-state index >= 15 is 0 Å². The van der Waals surface area contributed by atoms with Crippen LogP contribution in [0.15, 0.2) is 0 Å². The van der Waals surface area contributed by atoms with Crippen LogP contribution in [-0.2, 0) is 4.79 Å². The quantitative estimate of drug-likeness (QED) is 0.728. The maximum atomic E-state index is 11.9. The molecule has 19 heavy (non-hydrogen) atoms. The average Bonchev–Trinajstić information content (AvgIpc) is 2.46. The molecule has 1 rings (SSSR count). The van der Waals surface area contributed by atoms with Crippen LogP contribution in [0.4, 0.5) is 0 Å². The Morgan fingerprint density at radius 3 is 2.47 bits per heavy atom. The summed E-state index contributed by atoms with van der Waals surface area (Å²) in [4.78, 5) is 16.4. The summed E-state index contributed by atoms with van der Waals surface area (Å²) in [6.07, 6.45) is 4.25. The third kappa shape index (κ3) is 5.49. The van der Waals surface area contributed by atoms with Crippen molar-refractivity contribution in [1.82, 2.24) is 15.1 Å². The Hall–Kier alpha value is -0.610. The first-order valence-corrected chi connectivity index (χ1v) is 7.95. The third-order valence-corrected chi connectivity index (χ3v) is 4.15. The molecule has 1 heterocycles. The van der Waals surface area contributed by atoms with E-state index in [2.05, 4.69) is 17.1 Å². The first-order valence-electron chi connectivity index (χ1n) is 7.95. The van der Waals surface area contributed by atoms with Gasteiger partial charge in [0.2, 0.25) is 5.91 Å². The van der Waals surface area contributed by atoms with Crippen molar-refractivity contribution < 1.29 is 4.79 Å². The van der Waals surface area contributed by atoms with E-state index in [4.69, 9.17) is 0 Å². The maximum absolute atomic E-state index is 11.9. The highest BCUT2D eigenvalue weighted by molar-refractivity contribution is 5.76. The van der Waals surface area contributed by atoms with E-state index in [1.807, 2.05) is 18.7 Å². The van der Waals surface area contributed by atoms with E-state index in [-0.39, 0.29) is 0 Å². The van der Waals surface area contributed by atoms with E-state index in [0.29, 0.717) is 18.4 Å². The smallest absolute Gasteiger partial charge is 0.222 e. The van der Waals surface area contributed by atoms with Crippen molar-refractivity contribution in [3.63, 3.8) is 0 Å². The lowest BCUT2D eigenvalue weighted by atomic mass is 10.1. The van der Waals surface area contributed by atoms with Crippen LogP contribution in [0.2, 0.25) is 0 Å². The number of carbonyl (C=O) groups excluding carboxylic acids is 1. The van der Waals surface area contributed by atoms with Gasteiger partial charge in [-0.3, -0.25) is 9.69 Å². The molecule has 1 fully saturated rings. The van der Waals surface area contributed by atoms with Crippen LogP contribution in [-0.4, -0.2) is 61.0 Å². The molecule has 1 atom stereocenters. The molecule has 1 saturated heterocycles. The van der Waals surface area contributed by atoms with Gasteiger partial charge in [-0.2, -0.15) is 0 Å². The minimum Gasteiger partial charge on any atom is -0.343 e. The highest BCUT2D eigenvalue weighted by atomic mass is 16.2. The molecule has 1 N–H and O–H groups in total. The second kappa shape index (κ2) is 9.32. The molecule has 0 aromatic rings. The van der Waals surface area contributed by atoms with Gasteiger partial charge in [-0.05, 0) is 52.7 Å². The van der Waals surface area contributed by atoms with Crippen LogP contribution in [0.1, 0.15) is 46.5 Å². The summed E-state index contributed by atoms with van der Waals surface area (Å²) >= 11 is 0. The van der Waals surface area contributed by atoms with Crippen molar-refractivity contribution >= 4 is 5.91 Å².